The Balaban J connectivity index is 2.02. The van der Waals surface area contributed by atoms with Gasteiger partial charge in [0.15, 0.2) is 6.29 Å². The number of nitrogens with zero attached hydrogens (tertiary/aromatic N) is 2. The van der Waals surface area contributed by atoms with E-state index >= 15 is 0 Å². The first-order valence-electron chi connectivity index (χ1n) is 5.62. The second kappa shape index (κ2) is 6.70. The standard InChI is InChI=1S/C11H18N2O2S2/c1-14-10(15-2)7-13-4-6-16-8-9(13)11-12-3-5-17-11/h3,5,9-10H,4,6-8H2,1-2H3/t9-/m1/s1. The van der Waals surface area contributed by atoms with Gasteiger partial charge in [-0.05, 0) is 0 Å². The SMILES string of the molecule is COC(CN1CCSC[C@@H]1c1nccs1)OC. The molecule has 0 unspecified atom stereocenters. The smallest absolute Gasteiger partial charge is 0.169 e. The quantitative estimate of drug-likeness (QED) is 0.766. The molecule has 0 bridgehead atoms. The number of rotatable bonds is 5. The Labute approximate surface area is 110 Å². The van der Waals surface area contributed by atoms with Crippen molar-refractivity contribution in [1.29, 1.82) is 0 Å². The van der Waals surface area contributed by atoms with Crippen LogP contribution < -0.4 is 0 Å². The first-order valence-corrected chi connectivity index (χ1v) is 7.65. The van der Waals surface area contributed by atoms with Crippen LogP contribution in [0, 0.1) is 0 Å². The lowest BCUT2D eigenvalue weighted by Crippen LogP contribution is -2.42. The molecule has 0 spiro atoms. The van der Waals surface area contributed by atoms with Gasteiger partial charge in [0, 0.05) is 43.8 Å². The summed E-state index contributed by atoms with van der Waals surface area (Å²) in [5.74, 6) is 2.27. The molecule has 1 aromatic heterocycles. The summed E-state index contributed by atoms with van der Waals surface area (Å²) in [6.45, 7) is 1.87. The van der Waals surface area contributed by atoms with Crippen LogP contribution in [-0.2, 0) is 9.47 Å². The molecule has 96 valence electrons. The van der Waals surface area contributed by atoms with Gasteiger partial charge >= 0.3 is 0 Å². The average molecular weight is 274 g/mol. The van der Waals surface area contributed by atoms with Gasteiger partial charge in [-0.2, -0.15) is 11.8 Å². The van der Waals surface area contributed by atoms with Crippen molar-refractivity contribution in [1.82, 2.24) is 9.88 Å². The van der Waals surface area contributed by atoms with Crippen LogP contribution in [0.25, 0.3) is 0 Å². The van der Waals surface area contributed by atoms with Crippen molar-refractivity contribution in [3.63, 3.8) is 0 Å². The Morgan fingerprint density at radius 1 is 1.53 bits per heavy atom. The Bertz CT molecular complexity index is 317. The molecule has 1 aliphatic heterocycles. The molecule has 1 aromatic rings. The highest BCUT2D eigenvalue weighted by molar-refractivity contribution is 7.99. The number of thioether (sulfide) groups is 1. The van der Waals surface area contributed by atoms with Crippen molar-refractivity contribution in [2.24, 2.45) is 0 Å². The van der Waals surface area contributed by atoms with E-state index in [2.05, 4.69) is 9.88 Å². The summed E-state index contributed by atoms with van der Waals surface area (Å²) in [6, 6.07) is 0.404. The predicted molar refractivity (Wildman–Crippen MR) is 71.6 cm³/mol. The van der Waals surface area contributed by atoms with Crippen molar-refractivity contribution >= 4 is 23.1 Å². The fourth-order valence-electron chi connectivity index (χ4n) is 1.92. The topological polar surface area (TPSA) is 34.6 Å². The molecule has 0 N–H and O–H groups in total. The minimum absolute atomic E-state index is 0.152. The van der Waals surface area contributed by atoms with Crippen molar-refractivity contribution in [2.75, 3.05) is 38.8 Å². The third-order valence-electron chi connectivity index (χ3n) is 2.89. The van der Waals surface area contributed by atoms with E-state index in [1.54, 1.807) is 25.6 Å². The minimum atomic E-state index is -0.152. The van der Waals surface area contributed by atoms with Crippen LogP contribution in [0.2, 0.25) is 0 Å². The number of aromatic nitrogens is 1. The molecular formula is C11H18N2O2S2. The molecule has 2 rings (SSSR count). The van der Waals surface area contributed by atoms with Crippen molar-refractivity contribution in [3.05, 3.63) is 16.6 Å². The van der Waals surface area contributed by atoms with Crippen LogP contribution in [0.1, 0.15) is 11.0 Å². The van der Waals surface area contributed by atoms with Gasteiger partial charge in [-0.15, -0.1) is 11.3 Å². The van der Waals surface area contributed by atoms with Crippen LogP contribution in [-0.4, -0.2) is 55.0 Å². The molecule has 1 fully saturated rings. The first-order chi connectivity index (χ1) is 8.35. The maximum atomic E-state index is 5.28. The summed E-state index contributed by atoms with van der Waals surface area (Å²) in [5.41, 5.74) is 0. The second-order valence-electron chi connectivity index (χ2n) is 3.86. The summed E-state index contributed by atoms with van der Waals surface area (Å²) in [7, 11) is 3.37. The summed E-state index contributed by atoms with van der Waals surface area (Å²) < 4.78 is 10.6. The summed E-state index contributed by atoms with van der Waals surface area (Å²) in [6.07, 6.45) is 1.72. The predicted octanol–water partition coefficient (Wildman–Crippen LogP) is 1.85. The monoisotopic (exact) mass is 274 g/mol. The number of thiazole rings is 1. The highest BCUT2D eigenvalue weighted by atomic mass is 32.2. The summed E-state index contributed by atoms with van der Waals surface area (Å²) in [5, 5.41) is 3.24. The molecule has 0 aliphatic carbocycles. The zero-order valence-corrected chi connectivity index (χ0v) is 11.8. The molecule has 1 aliphatic rings. The van der Waals surface area contributed by atoms with E-state index in [0.717, 1.165) is 18.8 Å². The normalized spacial score (nSPS) is 22.2. The lowest BCUT2D eigenvalue weighted by molar-refractivity contribution is -0.119. The van der Waals surface area contributed by atoms with Crippen molar-refractivity contribution in [3.8, 4) is 0 Å². The van der Waals surface area contributed by atoms with Crippen LogP contribution in [0.15, 0.2) is 11.6 Å². The van der Waals surface area contributed by atoms with E-state index in [1.165, 1.54) is 10.8 Å². The lowest BCUT2D eigenvalue weighted by Gasteiger charge is -2.35. The largest absolute Gasteiger partial charge is 0.355 e. The van der Waals surface area contributed by atoms with E-state index in [9.17, 15) is 0 Å². The van der Waals surface area contributed by atoms with Crippen molar-refractivity contribution in [2.45, 2.75) is 12.3 Å². The molecule has 0 aromatic carbocycles. The maximum Gasteiger partial charge on any atom is 0.169 e. The fraction of sp³-hybridized carbons (Fsp3) is 0.727. The number of hydrogen-bond donors (Lipinski definition) is 0. The Morgan fingerprint density at radius 2 is 2.35 bits per heavy atom. The van der Waals surface area contributed by atoms with E-state index in [1.807, 2.05) is 23.3 Å². The Kier molecular flexibility index (Phi) is 5.24. The summed E-state index contributed by atoms with van der Waals surface area (Å²) in [4.78, 5) is 6.84. The first kappa shape index (κ1) is 13.3. The van der Waals surface area contributed by atoms with Crippen LogP contribution in [0.4, 0.5) is 0 Å². The molecule has 6 heteroatoms. The molecule has 2 heterocycles. The molecule has 1 atom stereocenters. The molecule has 4 nitrogen and oxygen atoms in total. The minimum Gasteiger partial charge on any atom is -0.355 e. The van der Waals surface area contributed by atoms with E-state index in [0.29, 0.717) is 6.04 Å². The molecule has 0 amide bonds. The number of methoxy groups -OCH3 is 2. The van der Waals surface area contributed by atoms with Gasteiger partial charge < -0.3 is 9.47 Å². The van der Waals surface area contributed by atoms with Crippen molar-refractivity contribution < 1.29 is 9.47 Å². The molecule has 17 heavy (non-hydrogen) atoms. The van der Waals surface area contributed by atoms with E-state index in [4.69, 9.17) is 9.47 Å². The van der Waals surface area contributed by atoms with Crippen LogP contribution in [0.3, 0.4) is 0 Å². The van der Waals surface area contributed by atoms with Gasteiger partial charge in [-0.1, -0.05) is 0 Å². The molecule has 0 saturated carbocycles. The second-order valence-corrected chi connectivity index (χ2v) is 5.93. The van der Waals surface area contributed by atoms with Gasteiger partial charge in [0.25, 0.3) is 0 Å². The van der Waals surface area contributed by atoms with Gasteiger partial charge in [0.2, 0.25) is 0 Å². The van der Waals surface area contributed by atoms with Gasteiger partial charge in [-0.3, -0.25) is 4.90 Å². The maximum absolute atomic E-state index is 5.28. The van der Waals surface area contributed by atoms with E-state index in [-0.39, 0.29) is 6.29 Å². The third kappa shape index (κ3) is 3.42. The Hall–Kier alpha value is -0.140. The van der Waals surface area contributed by atoms with E-state index < -0.39 is 0 Å². The average Bonchev–Trinajstić information content (AvgIpc) is 2.90. The lowest BCUT2D eigenvalue weighted by atomic mass is 10.2. The van der Waals surface area contributed by atoms with Gasteiger partial charge in [0.05, 0.1) is 12.6 Å². The van der Waals surface area contributed by atoms with Gasteiger partial charge in [0.1, 0.15) is 5.01 Å². The highest BCUT2D eigenvalue weighted by Gasteiger charge is 2.28. The number of hydrogen-bond acceptors (Lipinski definition) is 6. The Morgan fingerprint density at radius 3 is 3.00 bits per heavy atom. The van der Waals surface area contributed by atoms with Gasteiger partial charge in [-0.25, -0.2) is 4.98 Å². The number of ether oxygens (including phenoxy) is 2. The highest BCUT2D eigenvalue weighted by Crippen LogP contribution is 2.30. The summed E-state index contributed by atoms with van der Waals surface area (Å²) >= 11 is 3.72. The van der Waals surface area contributed by atoms with Crippen LogP contribution in [0.5, 0.6) is 0 Å². The fourth-order valence-corrected chi connectivity index (χ4v) is 3.92. The zero-order chi connectivity index (χ0) is 12.1. The molecule has 0 radical (unpaired) electrons. The van der Waals surface area contributed by atoms with Crippen LogP contribution >= 0.6 is 23.1 Å². The molecular weight excluding hydrogens is 256 g/mol. The molecule has 1 saturated heterocycles. The zero-order valence-electron chi connectivity index (χ0n) is 10.2. The third-order valence-corrected chi connectivity index (χ3v) is 4.78.